The second kappa shape index (κ2) is 14.9. The molecule has 110 valence electrons. The zero-order valence-corrected chi connectivity index (χ0v) is 13.6. The van der Waals surface area contributed by atoms with E-state index in [4.69, 9.17) is 57.7 Å². The van der Waals surface area contributed by atoms with E-state index in [1.165, 1.54) is 0 Å². The fourth-order valence-electron chi connectivity index (χ4n) is 0. The van der Waals surface area contributed by atoms with Crippen LogP contribution < -0.4 is 44.0 Å². The van der Waals surface area contributed by atoms with Crippen molar-refractivity contribution < 1.29 is 84.3 Å². The van der Waals surface area contributed by atoms with Gasteiger partial charge in [-0.1, -0.05) is 0 Å². The Hall–Kier alpha value is 1.51. The van der Waals surface area contributed by atoms with Gasteiger partial charge in [0.2, 0.25) is 0 Å². The zero-order chi connectivity index (χ0) is 13.5. The first-order valence-corrected chi connectivity index (χ1v) is 6.57. The van der Waals surface area contributed by atoms with Crippen molar-refractivity contribution in [1.29, 1.82) is 0 Å². The molecule has 0 saturated carbocycles. The second-order valence-electron chi connectivity index (χ2n) is 1.34. The summed E-state index contributed by atoms with van der Waals surface area (Å²) in [5.41, 5.74) is 0. The third-order valence-electron chi connectivity index (χ3n) is 0. The van der Waals surface area contributed by atoms with Crippen LogP contribution in [0.3, 0.4) is 0 Å². The number of rotatable bonds is 0. The fourth-order valence-corrected chi connectivity index (χ4v) is 0. The van der Waals surface area contributed by atoms with Crippen LogP contribution in [0.25, 0.3) is 0 Å². The topological polar surface area (TPSA) is 290 Å². The molecule has 0 aliphatic heterocycles. The van der Waals surface area contributed by atoms with E-state index in [0.29, 0.717) is 0 Å². The average Bonchev–Trinajstić information content (AvgIpc) is 1.41. The zero-order valence-electron chi connectivity index (χ0n) is 7.73. The molecule has 0 unspecified atom stereocenters. The van der Waals surface area contributed by atoms with Gasteiger partial charge in [-0.15, -0.1) is 0 Å². The van der Waals surface area contributed by atoms with Crippen LogP contribution in [0.5, 0.6) is 0 Å². The van der Waals surface area contributed by atoms with Crippen molar-refractivity contribution >= 4 is 40.8 Å². The summed E-state index contributed by atoms with van der Waals surface area (Å²) in [5.74, 6) is 0. The van der Waals surface area contributed by atoms with Crippen LogP contribution in [-0.2, 0) is 34.8 Å². The van der Waals surface area contributed by atoms with Crippen molar-refractivity contribution in [1.82, 2.24) is 0 Å². The van der Waals surface area contributed by atoms with Gasteiger partial charge in [0.25, 0.3) is 0 Å². The summed E-state index contributed by atoms with van der Waals surface area (Å²) >= 11 is 0. The van der Waals surface area contributed by atoms with Crippen LogP contribution in [0.2, 0.25) is 0 Å². The van der Waals surface area contributed by atoms with Gasteiger partial charge in [0.1, 0.15) is 0 Å². The molecular formula is H2AlMoO13P3-6. The molecule has 0 rings (SSSR count). The van der Waals surface area contributed by atoms with Gasteiger partial charge in [0.15, 0.2) is 0 Å². The summed E-state index contributed by atoms with van der Waals surface area (Å²) in [6.45, 7) is 0. The van der Waals surface area contributed by atoms with E-state index in [1.807, 2.05) is 0 Å². The third-order valence-corrected chi connectivity index (χ3v) is 0. The van der Waals surface area contributed by atoms with Crippen molar-refractivity contribution in [2.45, 2.75) is 0 Å². The van der Waals surface area contributed by atoms with E-state index in [9.17, 15) is 0 Å². The van der Waals surface area contributed by atoms with E-state index in [-0.39, 0.29) is 43.9 Å². The van der Waals surface area contributed by atoms with Gasteiger partial charge in [-0.2, -0.15) is 23.5 Å². The van der Waals surface area contributed by atoms with Crippen molar-refractivity contribution in [3.05, 3.63) is 0 Å². The summed E-state index contributed by atoms with van der Waals surface area (Å²) in [4.78, 5) is 76.9. The molecule has 0 atom stereocenters. The van der Waals surface area contributed by atoms with Gasteiger partial charge in [-0.25, -0.2) is 0 Å². The van der Waals surface area contributed by atoms with Gasteiger partial charge >= 0.3 is 17.4 Å². The molecule has 0 bridgehead atoms. The quantitative estimate of drug-likeness (QED) is 0.258. The standard InChI is InChI=1S/Al.Mo.3H3O4P.H2O/c;;3*1-5(2,3)4;/h;;3*(H3,1,2,3,4);1H2/q+3;;;;;/p-9. The summed E-state index contributed by atoms with van der Waals surface area (Å²) in [6, 6.07) is 0. The maximum absolute atomic E-state index is 8.55. The molecule has 0 aromatic heterocycles. The minimum Gasteiger partial charge on any atom is -0.822 e. The molecule has 0 heterocycles. The Kier molecular flexibility index (Phi) is 30.3. The average molecular weight is 426 g/mol. The first-order chi connectivity index (χ1) is 6.00. The van der Waals surface area contributed by atoms with Crippen LogP contribution in [0, 0.1) is 0 Å². The molecule has 13 nitrogen and oxygen atoms in total. The largest absolute Gasteiger partial charge is 3.00 e. The third kappa shape index (κ3) is 2090. The smallest absolute Gasteiger partial charge is 0.822 e. The van der Waals surface area contributed by atoms with Crippen molar-refractivity contribution in [2.75, 3.05) is 0 Å². The molecule has 18 heteroatoms. The molecule has 0 radical (unpaired) electrons. The summed E-state index contributed by atoms with van der Waals surface area (Å²) in [7, 11) is -16.2. The normalized spacial score (nSPS) is 9.83. The molecule has 0 aromatic rings. The van der Waals surface area contributed by atoms with E-state index in [1.54, 1.807) is 0 Å². The van der Waals surface area contributed by atoms with Crippen LogP contribution in [0.15, 0.2) is 0 Å². The molecule has 0 fully saturated rings. The van der Waals surface area contributed by atoms with E-state index >= 15 is 0 Å². The van der Waals surface area contributed by atoms with Crippen molar-refractivity contribution in [3.63, 3.8) is 0 Å². The predicted molar refractivity (Wildman–Crippen MR) is 32.2 cm³/mol. The van der Waals surface area contributed by atoms with Gasteiger partial charge in [-0.3, -0.25) is 0 Å². The SMILES string of the molecule is O.O=P([O-])([O-])[O-].O=P([O-])([O-])[O-].O=P([O-])([O-])[O-].[Al+3].[Mo]. The summed E-state index contributed by atoms with van der Waals surface area (Å²) in [5, 5.41) is 0. The van der Waals surface area contributed by atoms with Crippen molar-refractivity contribution in [3.8, 4) is 0 Å². The number of hydrogen-bond donors (Lipinski definition) is 0. The minimum absolute atomic E-state index is 0. The Balaban J connectivity index is -0.0000000277. The Bertz CT molecular complexity index is 208. The molecule has 0 saturated heterocycles. The Morgan fingerprint density at radius 2 is 0.500 bits per heavy atom. The van der Waals surface area contributed by atoms with E-state index in [2.05, 4.69) is 0 Å². The Labute approximate surface area is 125 Å². The number of hydrogen-bond acceptors (Lipinski definition) is 12. The maximum atomic E-state index is 8.55. The molecule has 18 heavy (non-hydrogen) atoms. The summed E-state index contributed by atoms with van der Waals surface area (Å²) < 4.78 is 25.6. The fraction of sp³-hybridized carbons (Fsp3) is 0. The maximum Gasteiger partial charge on any atom is 3.00 e. The molecular weight excluding hydrogens is 424 g/mol. The van der Waals surface area contributed by atoms with Gasteiger partial charge in [0, 0.05) is 21.1 Å². The van der Waals surface area contributed by atoms with Crippen LogP contribution in [0.1, 0.15) is 0 Å². The number of phosphoric acid groups is 3. The Morgan fingerprint density at radius 1 is 0.500 bits per heavy atom. The molecule has 0 aliphatic carbocycles. The van der Waals surface area contributed by atoms with Gasteiger partial charge in [-0.05, 0) is 0 Å². The predicted octanol–water partition coefficient (Wildman–Crippen LogP) is -9.68. The molecule has 0 spiro atoms. The monoisotopic (exact) mass is 428 g/mol. The van der Waals surface area contributed by atoms with Crippen LogP contribution >= 0.6 is 23.5 Å². The van der Waals surface area contributed by atoms with Crippen molar-refractivity contribution in [2.24, 2.45) is 0 Å². The molecule has 2 N–H and O–H groups in total. The van der Waals surface area contributed by atoms with E-state index < -0.39 is 23.5 Å². The summed E-state index contributed by atoms with van der Waals surface area (Å²) in [6.07, 6.45) is 0. The first kappa shape index (κ1) is 36.6. The van der Waals surface area contributed by atoms with Crippen LogP contribution in [0.4, 0.5) is 0 Å². The molecule has 0 amide bonds. The van der Waals surface area contributed by atoms with Gasteiger partial charge < -0.3 is 63.2 Å². The first-order valence-electron chi connectivity index (χ1n) is 2.19. The molecule has 0 aliphatic rings. The van der Waals surface area contributed by atoms with E-state index in [0.717, 1.165) is 0 Å². The van der Waals surface area contributed by atoms with Gasteiger partial charge in [0.05, 0.1) is 0 Å². The molecule has 0 aromatic carbocycles. The minimum atomic E-state index is -5.39. The van der Waals surface area contributed by atoms with Crippen LogP contribution in [-0.4, -0.2) is 22.8 Å². The second-order valence-corrected chi connectivity index (χ2v) is 4.02. The Morgan fingerprint density at radius 3 is 0.500 bits per heavy atom.